The van der Waals surface area contributed by atoms with Gasteiger partial charge < -0.3 is 35.2 Å². The molecule has 1 amide bonds. The maximum absolute atomic E-state index is 11.9. The summed E-state index contributed by atoms with van der Waals surface area (Å²) >= 11 is 0. The number of aliphatic hydroxyl groups excluding tert-OH is 4. The van der Waals surface area contributed by atoms with E-state index in [1.54, 1.807) is 25.7 Å². The number of methoxy groups -OCH3 is 1. The standard InChI is InChI=1S/C18H34N2O8/c1-18(2,3)28-17(26)19-11(16(25)27-4)7-5-6-8-20-9-13(22)15(24)14(23)12(20)10-21/h11-15,21-24H,5-10H2,1-4H3,(H,19,26)/t11-,12+,13+,14+,15+/m0/s1. The lowest BCUT2D eigenvalue weighted by atomic mass is 9.94. The first kappa shape index (κ1) is 24.6. The second-order valence-electron chi connectivity index (χ2n) is 8.01. The third-order valence-electron chi connectivity index (χ3n) is 4.58. The smallest absolute Gasteiger partial charge is 0.408 e. The zero-order valence-electron chi connectivity index (χ0n) is 17.0. The Bertz CT molecular complexity index is 510. The van der Waals surface area contributed by atoms with E-state index in [4.69, 9.17) is 9.47 Å². The molecule has 0 aromatic heterocycles. The van der Waals surface area contributed by atoms with Crippen LogP contribution in [0.25, 0.3) is 0 Å². The highest BCUT2D eigenvalue weighted by molar-refractivity contribution is 5.81. The van der Waals surface area contributed by atoms with Crippen LogP contribution in [-0.4, -0.2) is 100 Å². The molecule has 5 atom stereocenters. The summed E-state index contributed by atoms with van der Waals surface area (Å²) in [4.78, 5) is 25.5. The van der Waals surface area contributed by atoms with Gasteiger partial charge in [-0.3, -0.25) is 4.90 Å². The van der Waals surface area contributed by atoms with Crippen LogP contribution in [0.3, 0.4) is 0 Å². The average Bonchev–Trinajstić information content (AvgIpc) is 2.60. The Morgan fingerprint density at radius 3 is 2.36 bits per heavy atom. The molecule has 28 heavy (non-hydrogen) atoms. The van der Waals surface area contributed by atoms with Crippen LogP contribution in [0, 0.1) is 0 Å². The molecule has 0 spiro atoms. The molecule has 5 N–H and O–H groups in total. The summed E-state index contributed by atoms with van der Waals surface area (Å²) in [5.41, 5.74) is -0.690. The van der Waals surface area contributed by atoms with E-state index in [0.717, 1.165) is 0 Å². The van der Waals surface area contributed by atoms with Gasteiger partial charge in [-0.05, 0) is 46.6 Å². The molecule has 1 aliphatic heterocycles. The van der Waals surface area contributed by atoms with Crippen LogP contribution < -0.4 is 5.32 Å². The van der Waals surface area contributed by atoms with Gasteiger partial charge in [0.25, 0.3) is 0 Å². The number of carbonyl (C=O) groups excluding carboxylic acids is 2. The summed E-state index contributed by atoms with van der Waals surface area (Å²) in [6.07, 6.45) is -2.92. The van der Waals surface area contributed by atoms with Gasteiger partial charge in [-0.15, -0.1) is 0 Å². The molecule has 1 saturated heterocycles. The van der Waals surface area contributed by atoms with Crippen molar-refractivity contribution in [1.82, 2.24) is 10.2 Å². The quantitative estimate of drug-likeness (QED) is 0.252. The summed E-state index contributed by atoms with van der Waals surface area (Å²) in [6, 6.07) is -1.53. The highest BCUT2D eigenvalue weighted by Crippen LogP contribution is 2.20. The number of aliphatic hydroxyl groups is 4. The first-order valence-corrected chi connectivity index (χ1v) is 9.46. The fourth-order valence-electron chi connectivity index (χ4n) is 3.14. The number of unbranched alkanes of at least 4 members (excludes halogenated alkanes) is 1. The number of likely N-dealkylation sites (tertiary alicyclic amines) is 1. The molecule has 1 rings (SSSR count). The largest absolute Gasteiger partial charge is 0.467 e. The number of nitrogens with one attached hydrogen (secondary N) is 1. The van der Waals surface area contributed by atoms with Crippen LogP contribution in [0.2, 0.25) is 0 Å². The minimum absolute atomic E-state index is 0.125. The topological polar surface area (TPSA) is 149 Å². The first-order valence-electron chi connectivity index (χ1n) is 9.46. The van der Waals surface area contributed by atoms with Crippen molar-refractivity contribution in [2.75, 3.05) is 26.8 Å². The summed E-state index contributed by atoms with van der Waals surface area (Å²) in [5, 5.41) is 41.5. The zero-order chi connectivity index (χ0) is 21.5. The van der Waals surface area contributed by atoms with Crippen molar-refractivity contribution < 1.29 is 39.5 Å². The number of amides is 1. The number of hydrogen-bond acceptors (Lipinski definition) is 9. The number of esters is 1. The van der Waals surface area contributed by atoms with Crippen molar-refractivity contribution in [2.24, 2.45) is 0 Å². The number of alkyl carbamates (subject to hydrolysis) is 1. The Balaban J connectivity index is 2.53. The Kier molecular flexibility index (Phi) is 9.58. The van der Waals surface area contributed by atoms with Crippen molar-refractivity contribution >= 4 is 12.1 Å². The average molecular weight is 406 g/mol. The van der Waals surface area contributed by atoms with E-state index in [1.807, 2.05) is 0 Å². The van der Waals surface area contributed by atoms with E-state index < -0.39 is 48.1 Å². The second kappa shape index (κ2) is 10.9. The van der Waals surface area contributed by atoms with E-state index in [9.17, 15) is 30.0 Å². The monoisotopic (exact) mass is 406 g/mol. The molecule has 1 heterocycles. The third kappa shape index (κ3) is 7.51. The van der Waals surface area contributed by atoms with E-state index >= 15 is 0 Å². The molecule has 0 aliphatic carbocycles. The molecule has 0 radical (unpaired) electrons. The van der Waals surface area contributed by atoms with Gasteiger partial charge in [0.1, 0.15) is 23.9 Å². The fourth-order valence-corrected chi connectivity index (χ4v) is 3.14. The Hall–Kier alpha value is -1.46. The van der Waals surface area contributed by atoms with E-state index in [0.29, 0.717) is 25.8 Å². The number of piperidine rings is 1. The Labute approximate surface area is 165 Å². The van der Waals surface area contributed by atoms with Crippen LogP contribution >= 0.6 is 0 Å². The molecular formula is C18H34N2O8. The van der Waals surface area contributed by atoms with Gasteiger partial charge in [-0.2, -0.15) is 0 Å². The normalized spacial score (nSPS) is 27.1. The molecule has 10 nitrogen and oxygen atoms in total. The predicted octanol–water partition coefficient (Wildman–Crippen LogP) is -1.02. The molecule has 1 fully saturated rings. The van der Waals surface area contributed by atoms with Crippen LogP contribution in [0.15, 0.2) is 0 Å². The van der Waals surface area contributed by atoms with Crippen molar-refractivity contribution in [1.29, 1.82) is 0 Å². The van der Waals surface area contributed by atoms with Crippen LogP contribution in [0.4, 0.5) is 4.79 Å². The molecule has 0 aromatic rings. The van der Waals surface area contributed by atoms with Crippen molar-refractivity contribution in [3.05, 3.63) is 0 Å². The van der Waals surface area contributed by atoms with Gasteiger partial charge >= 0.3 is 12.1 Å². The van der Waals surface area contributed by atoms with Crippen LogP contribution in [-0.2, 0) is 14.3 Å². The Morgan fingerprint density at radius 2 is 1.82 bits per heavy atom. The van der Waals surface area contributed by atoms with Crippen molar-refractivity contribution in [2.45, 2.75) is 76.0 Å². The van der Waals surface area contributed by atoms with Gasteiger partial charge in [0.15, 0.2) is 0 Å². The van der Waals surface area contributed by atoms with Gasteiger partial charge in [0.05, 0.1) is 25.9 Å². The van der Waals surface area contributed by atoms with E-state index in [2.05, 4.69) is 5.32 Å². The summed E-state index contributed by atoms with van der Waals surface area (Å²) < 4.78 is 9.87. The number of β-amino-alcohol motifs (C(OH)–C–C–N with tert-alkyl or cyclic N) is 1. The molecule has 164 valence electrons. The van der Waals surface area contributed by atoms with Gasteiger partial charge in [0, 0.05) is 6.54 Å². The first-order chi connectivity index (χ1) is 13.0. The minimum Gasteiger partial charge on any atom is -0.467 e. The molecule has 0 saturated carbocycles. The maximum Gasteiger partial charge on any atom is 0.408 e. The molecule has 1 aliphatic rings. The van der Waals surface area contributed by atoms with E-state index in [-0.39, 0.29) is 13.2 Å². The summed E-state index contributed by atoms with van der Waals surface area (Å²) in [5.74, 6) is -0.578. The number of nitrogens with zero attached hydrogens (tertiary/aromatic N) is 1. The summed E-state index contributed by atoms with van der Waals surface area (Å²) in [6.45, 7) is 5.36. The molecule has 0 bridgehead atoms. The number of carbonyl (C=O) groups is 2. The third-order valence-corrected chi connectivity index (χ3v) is 4.58. The lowest BCUT2D eigenvalue weighted by molar-refractivity contribution is -0.145. The highest BCUT2D eigenvalue weighted by Gasteiger charge is 2.40. The van der Waals surface area contributed by atoms with Crippen LogP contribution in [0.5, 0.6) is 0 Å². The molecule has 10 heteroatoms. The maximum atomic E-state index is 11.9. The molecule has 0 unspecified atom stereocenters. The number of ether oxygens (including phenoxy) is 2. The highest BCUT2D eigenvalue weighted by atomic mass is 16.6. The molecular weight excluding hydrogens is 372 g/mol. The predicted molar refractivity (Wildman–Crippen MR) is 99.5 cm³/mol. The zero-order valence-corrected chi connectivity index (χ0v) is 17.0. The fraction of sp³-hybridized carbons (Fsp3) is 0.889. The molecule has 0 aromatic carbocycles. The van der Waals surface area contributed by atoms with Gasteiger partial charge in [-0.1, -0.05) is 0 Å². The van der Waals surface area contributed by atoms with Gasteiger partial charge in [-0.25, -0.2) is 9.59 Å². The Morgan fingerprint density at radius 1 is 1.18 bits per heavy atom. The number of hydrogen-bond donors (Lipinski definition) is 5. The lowest BCUT2D eigenvalue weighted by Gasteiger charge is -2.43. The summed E-state index contributed by atoms with van der Waals surface area (Å²) in [7, 11) is 1.24. The number of rotatable bonds is 8. The SMILES string of the molecule is COC(=O)[C@H](CCCCN1C[C@@H](O)[C@@H](O)[C@H](O)[C@H]1CO)NC(=O)OC(C)(C)C. The minimum atomic E-state index is -1.30. The van der Waals surface area contributed by atoms with E-state index in [1.165, 1.54) is 7.11 Å². The second-order valence-corrected chi connectivity index (χ2v) is 8.01. The lowest BCUT2D eigenvalue weighted by Crippen LogP contribution is -2.62. The van der Waals surface area contributed by atoms with Crippen LogP contribution in [0.1, 0.15) is 40.0 Å². The van der Waals surface area contributed by atoms with Crippen molar-refractivity contribution in [3.8, 4) is 0 Å². The van der Waals surface area contributed by atoms with Crippen molar-refractivity contribution in [3.63, 3.8) is 0 Å². The van der Waals surface area contributed by atoms with Gasteiger partial charge in [0.2, 0.25) is 0 Å².